The van der Waals surface area contributed by atoms with Gasteiger partial charge in [0.25, 0.3) is 5.91 Å². The summed E-state index contributed by atoms with van der Waals surface area (Å²) in [4.78, 5) is 28.4. The van der Waals surface area contributed by atoms with Gasteiger partial charge in [-0.05, 0) is 34.7 Å². The number of tetrazole rings is 1. The summed E-state index contributed by atoms with van der Waals surface area (Å²) in [6, 6.07) is 9.27. The number of hydrogen-bond acceptors (Lipinski definition) is 9. The first-order valence-corrected chi connectivity index (χ1v) is 10.3. The Kier molecular flexibility index (Phi) is 5.40. The quantitative estimate of drug-likeness (QED) is 0.586. The largest absolute Gasteiger partial charge is 0.378 e. The molecule has 31 heavy (non-hydrogen) atoms. The molecule has 2 fully saturated rings. The van der Waals surface area contributed by atoms with Crippen molar-refractivity contribution in [1.82, 2.24) is 35.1 Å². The molecule has 2 aromatic heterocycles. The molecule has 2 saturated heterocycles. The summed E-state index contributed by atoms with van der Waals surface area (Å²) in [5.74, 6) is 1.63. The Morgan fingerprint density at radius 1 is 0.968 bits per heavy atom. The maximum absolute atomic E-state index is 13.0. The van der Waals surface area contributed by atoms with Gasteiger partial charge in [0.05, 0.1) is 18.9 Å². The maximum Gasteiger partial charge on any atom is 0.254 e. The number of benzene rings is 1. The highest BCUT2D eigenvalue weighted by Gasteiger charge is 2.24. The Morgan fingerprint density at radius 2 is 1.81 bits per heavy atom. The number of morpholine rings is 1. The number of carbonyl (C=O) groups is 1. The fourth-order valence-corrected chi connectivity index (χ4v) is 3.81. The lowest BCUT2D eigenvalue weighted by atomic mass is 10.1. The Hall–Kier alpha value is -3.60. The van der Waals surface area contributed by atoms with E-state index >= 15 is 0 Å². The van der Waals surface area contributed by atoms with Crippen LogP contribution in [0.5, 0.6) is 0 Å². The van der Waals surface area contributed by atoms with Crippen molar-refractivity contribution in [2.45, 2.75) is 0 Å². The summed E-state index contributed by atoms with van der Waals surface area (Å²) in [5.41, 5.74) is 1.38. The van der Waals surface area contributed by atoms with E-state index in [1.54, 1.807) is 6.20 Å². The molecule has 2 aliphatic heterocycles. The van der Waals surface area contributed by atoms with Crippen LogP contribution < -0.4 is 9.80 Å². The van der Waals surface area contributed by atoms with Crippen LogP contribution in [0.2, 0.25) is 0 Å². The molecule has 0 aliphatic carbocycles. The van der Waals surface area contributed by atoms with Gasteiger partial charge in [-0.15, -0.1) is 5.10 Å². The van der Waals surface area contributed by atoms with E-state index in [1.807, 2.05) is 35.2 Å². The molecule has 0 N–H and O–H groups in total. The summed E-state index contributed by atoms with van der Waals surface area (Å²) >= 11 is 0. The third-order valence-corrected chi connectivity index (χ3v) is 5.52. The second-order valence-electron chi connectivity index (χ2n) is 7.40. The lowest BCUT2D eigenvalue weighted by Crippen LogP contribution is -2.49. The minimum absolute atomic E-state index is 0.00580. The number of hydrogen-bond donors (Lipinski definition) is 0. The van der Waals surface area contributed by atoms with Gasteiger partial charge in [-0.2, -0.15) is 4.98 Å². The Labute approximate surface area is 179 Å². The van der Waals surface area contributed by atoms with Gasteiger partial charge in [-0.25, -0.2) is 9.67 Å². The van der Waals surface area contributed by atoms with Crippen LogP contribution in [-0.2, 0) is 4.74 Å². The summed E-state index contributed by atoms with van der Waals surface area (Å²) in [6.07, 6.45) is 3.31. The molecule has 1 amide bonds. The van der Waals surface area contributed by atoms with E-state index in [2.05, 4.69) is 30.3 Å². The van der Waals surface area contributed by atoms with E-state index in [9.17, 15) is 4.79 Å². The molecule has 0 atom stereocenters. The van der Waals surface area contributed by atoms with Gasteiger partial charge >= 0.3 is 0 Å². The van der Waals surface area contributed by atoms with Gasteiger partial charge in [0.1, 0.15) is 12.1 Å². The predicted molar refractivity (Wildman–Crippen MR) is 112 cm³/mol. The molecule has 11 nitrogen and oxygen atoms in total. The third kappa shape index (κ3) is 4.17. The zero-order valence-electron chi connectivity index (χ0n) is 17.0. The molecule has 2 aliphatic rings. The number of ether oxygens (including phenoxy) is 1. The first kappa shape index (κ1) is 19.4. The Morgan fingerprint density at radius 3 is 2.58 bits per heavy atom. The van der Waals surface area contributed by atoms with Gasteiger partial charge in [-0.1, -0.05) is 6.07 Å². The van der Waals surface area contributed by atoms with Crippen molar-refractivity contribution in [2.24, 2.45) is 0 Å². The van der Waals surface area contributed by atoms with E-state index in [-0.39, 0.29) is 5.91 Å². The van der Waals surface area contributed by atoms with E-state index in [4.69, 9.17) is 9.72 Å². The standard InChI is InChI=1S/C20H23N9O2/c30-19(16-2-1-3-17(14-16)29-15-22-24-25-29)27-8-6-26(7-9-27)18-4-5-21-20(23-18)28-10-12-31-13-11-28/h1-5,14-15H,6-13H2. The molecule has 0 bridgehead atoms. The van der Waals surface area contributed by atoms with Crippen molar-refractivity contribution in [3.8, 4) is 5.69 Å². The van der Waals surface area contributed by atoms with Crippen LogP contribution in [-0.4, -0.2) is 93.5 Å². The van der Waals surface area contributed by atoms with Crippen LogP contribution in [0, 0.1) is 0 Å². The molecule has 11 heteroatoms. The van der Waals surface area contributed by atoms with E-state index in [1.165, 1.54) is 11.0 Å². The highest BCUT2D eigenvalue weighted by Crippen LogP contribution is 2.19. The normalized spacial score (nSPS) is 17.1. The van der Waals surface area contributed by atoms with Gasteiger partial charge in [-0.3, -0.25) is 4.79 Å². The monoisotopic (exact) mass is 421 g/mol. The maximum atomic E-state index is 13.0. The molecular weight excluding hydrogens is 398 g/mol. The van der Waals surface area contributed by atoms with Gasteiger partial charge < -0.3 is 19.4 Å². The molecule has 0 radical (unpaired) electrons. The average Bonchev–Trinajstić information content (AvgIpc) is 3.40. The molecule has 4 heterocycles. The number of piperazine rings is 1. The van der Waals surface area contributed by atoms with Crippen molar-refractivity contribution in [2.75, 3.05) is 62.3 Å². The topological polar surface area (TPSA) is 105 Å². The number of anilines is 2. The van der Waals surface area contributed by atoms with Crippen molar-refractivity contribution < 1.29 is 9.53 Å². The summed E-state index contributed by atoms with van der Waals surface area (Å²) in [7, 11) is 0. The Bertz CT molecular complexity index is 1030. The number of carbonyl (C=O) groups excluding carboxylic acids is 1. The smallest absolute Gasteiger partial charge is 0.254 e. The van der Waals surface area contributed by atoms with E-state index in [0.717, 1.165) is 43.6 Å². The summed E-state index contributed by atoms with van der Waals surface area (Å²) < 4.78 is 6.95. The van der Waals surface area contributed by atoms with Gasteiger partial charge in [0.15, 0.2) is 0 Å². The van der Waals surface area contributed by atoms with Crippen LogP contribution in [0.25, 0.3) is 5.69 Å². The Balaban J connectivity index is 1.24. The molecule has 0 saturated carbocycles. The minimum Gasteiger partial charge on any atom is -0.378 e. The first-order chi connectivity index (χ1) is 15.3. The minimum atomic E-state index is 0.00580. The van der Waals surface area contributed by atoms with E-state index in [0.29, 0.717) is 31.9 Å². The first-order valence-electron chi connectivity index (χ1n) is 10.3. The molecular formula is C20H23N9O2. The summed E-state index contributed by atoms with van der Waals surface area (Å²) in [5, 5.41) is 11.2. The molecule has 160 valence electrons. The SMILES string of the molecule is O=C(c1cccc(-n2cnnn2)c1)N1CCN(c2ccnc(N3CCOCC3)n2)CC1. The van der Waals surface area contributed by atoms with Crippen molar-refractivity contribution in [3.05, 3.63) is 48.4 Å². The van der Waals surface area contributed by atoms with Gasteiger partial charge in [0, 0.05) is 51.0 Å². The highest BCUT2D eigenvalue weighted by molar-refractivity contribution is 5.95. The zero-order chi connectivity index (χ0) is 21.0. The summed E-state index contributed by atoms with van der Waals surface area (Å²) in [6.45, 7) is 5.70. The number of amides is 1. The predicted octanol–water partition coefficient (Wildman–Crippen LogP) is 0.251. The van der Waals surface area contributed by atoms with Crippen molar-refractivity contribution >= 4 is 17.7 Å². The van der Waals surface area contributed by atoms with Crippen molar-refractivity contribution in [3.63, 3.8) is 0 Å². The van der Waals surface area contributed by atoms with Crippen LogP contribution in [0.3, 0.4) is 0 Å². The number of nitrogens with zero attached hydrogens (tertiary/aromatic N) is 9. The number of rotatable bonds is 4. The zero-order valence-corrected chi connectivity index (χ0v) is 17.0. The fraction of sp³-hybridized carbons (Fsp3) is 0.400. The van der Waals surface area contributed by atoms with Crippen LogP contribution >= 0.6 is 0 Å². The van der Waals surface area contributed by atoms with Crippen molar-refractivity contribution in [1.29, 1.82) is 0 Å². The lowest BCUT2D eigenvalue weighted by molar-refractivity contribution is 0.0746. The fourth-order valence-electron chi connectivity index (χ4n) is 3.81. The second-order valence-corrected chi connectivity index (χ2v) is 7.40. The van der Waals surface area contributed by atoms with Crippen LogP contribution in [0.4, 0.5) is 11.8 Å². The lowest BCUT2D eigenvalue weighted by Gasteiger charge is -2.36. The van der Waals surface area contributed by atoms with Crippen LogP contribution in [0.1, 0.15) is 10.4 Å². The second kappa shape index (κ2) is 8.64. The van der Waals surface area contributed by atoms with Crippen LogP contribution in [0.15, 0.2) is 42.9 Å². The average molecular weight is 421 g/mol. The molecule has 5 rings (SSSR count). The van der Waals surface area contributed by atoms with E-state index < -0.39 is 0 Å². The highest BCUT2D eigenvalue weighted by atomic mass is 16.5. The third-order valence-electron chi connectivity index (χ3n) is 5.52. The molecule has 0 unspecified atom stereocenters. The molecule has 1 aromatic carbocycles. The van der Waals surface area contributed by atoms with Gasteiger partial charge in [0.2, 0.25) is 5.95 Å². The number of aromatic nitrogens is 6. The molecule has 0 spiro atoms. The molecule has 3 aromatic rings.